The van der Waals surface area contributed by atoms with Gasteiger partial charge in [-0.15, -0.1) is 0 Å². The van der Waals surface area contributed by atoms with Crippen LogP contribution in [0.3, 0.4) is 0 Å². The van der Waals surface area contributed by atoms with Crippen LogP contribution >= 0.6 is 0 Å². The summed E-state index contributed by atoms with van der Waals surface area (Å²) in [5.74, 6) is 1.47. The molecule has 1 aliphatic rings. The van der Waals surface area contributed by atoms with E-state index in [-0.39, 0.29) is 6.79 Å². The van der Waals surface area contributed by atoms with Crippen molar-refractivity contribution in [2.45, 2.75) is 26.4 Å². The topological polar surface area (TPSA) is 69.2 Å². The van der Waals surface area contributed by atoms with Crippen LogP contribution in [-0.4, -0.2) is 24.7 Å². The predicted molar refractivity (Wildman–Crippen MR) is 79.5 cm³/mol. The standard InChI is InChI=1S/C15H18N2O4/c1-15(2,3)21-14(18)17-16-8-4-5-11-6-7-12-13(9-11)20-10-19-12/h4-9H,10H2,1-3H3,(H,17,18)/b5-4+,16-8+. The summed E-state index contributed by atoms with van der Waals surface area (Å²) in [7, 11) is 0. The van der Waals surface area contributed by atoms with Crippen LogP contribution in [0, 0.1) is 0 Å². The van der Waals surface area contributed by atoms with Crippen LogP contribution in [0.25, 0.3) is 6.08 Å². The maximum atomic E-state index is 11.3. The van der Waals surface area contributed by atoms with Crippen molar-refractivity contribution in [2.75, 3.05) is 6.79 Å². The van der Waals surface area contributed by atoms with E-state index < -0.39 is 11.7 Å². The average Bonchev–Trinajstić information content (AvgIpc) is 2.83. The van der Waals surface area contributed by atoms with E-state index in [4.69, 9.17) is 14.2 Å². The lowest BCUT2D eigenvalue weighted by atomic mass is 10.2. The summed E-state index contributed by atoms with van der Waals surface area (Å²) < 4.78 is 15.5. The Labute approximate surface area is 123 Å². The largest absolute Gasteiger partial charge is 0.454 e. The van der Waals surface area contributed by atoms with Gasteiger partial charge in [0.1, 0.15) is 5.60 Å². The van der Waals surface area contributed by atoms with E-state index in [1.54, 1.807) is 26.8 Å². The minimum absolute atomic E-state index is 0.254. The molecule has 1 N–H and O–H groups in total. The molecule has 2 rings (SSSR count). The van der Waals surface area contributed by atoms with Gasteiger partial charge in [-0.25, -0.2) is 10.2 Å². The number of benzene rings is 1. The van der Waals surface area contributed by atoms with Crippen molar-refractivity contribution in [1.82, 2.24) is 5.43 Å². The molecular weight excluding hydrogens is 272 g/mol. The highest BCUT2D eigenvalue weighted by molar-refractivity contribution is 5.79. The lowest BCUT2D eigenvalue weighted by Gasteiger charge is -2.18. The fraction of sp³-hybridized carbons (Fsp3) is 0.333. The van der Waals surface area contributed by atoms with Gasteiger partial charge in [-0.05, 0) is 44.5 Å². The van der Waals surface area contributed by atoms with Crippen molar-refractivity contribution in [2.24, 2.45) is 5.10 Å². The molecule has 1 aromatic carbocycles. The minimum atomic E-state index is -0.588. The Kier molecular flexibility index (Phi) is 4.47. The Morgan fingerprint density at radius 2 is 2.10 bits per heavy atom. The molecule has 6 nitrogen and oxygen atoms in total. The monoisotopic (exact) mass is 290 g/mol. The van der Waals surface area contributed by atoms with Crippen LogP contribution in [0.1, 0.15) is 26.3 Å². The van der Waals surface area contributed by atoms with E-state index in [1.165, 1.54) is 6.21 Å². The zero-order chi connectivity index (χ0) is 15.3. The van der Waals surface area contributed by atoms with Gasteiger partial charge >= 0.3 is 6.09 Å². The molecule has 0 radical (unpaired) electrons. The number of nitrogens with one attached hydrogen (secondary N) is 1. The van der Waals surface area contributed by atoms with Crippen molar-refractivity contribution in [3.8, 4) is 11.5 Å². The molecule has 21 heavy (non-hydrogen) atoms. The van der Waals surface area contributed by atoms with E-state index in [1.807, 2.05) is 24.3 Å². The molecule has 0 spiro atoms. The third-order valence-corrected chi connectivity index (χ3v) is 2.40. The summed E-state index contributed by atoms with van der Waals surface area (Å²) in [6.45, 7) is 5.62. The maximum absolute atomic E-state index is 11.3. The van der Waals surface area contributed by atoms with Crippen LogP contribution in [0.4, 0.5) is 4.79 Å². The summed E-state index contributed by atoms with van der Waals surface area (Å²) in [5, 5.41) is 3.75. The second kappa shape index (κ2) is 6.30. The molecule has 1 aliphatic heterocycles. The third kappa shape index (κ3) is 4.83. The van der Waals surface area contributed by atoms with E-state index in [0.29, 0.717) is 0 Å². The highest BCUT2D eigenvalue weighted by Crippen LogP contribution is 2.32. The summed E-state index contributed by atoms with van der Waals surface area (Å²) >= 11 is 0. The lowest BCUT2D eigenvalue weighted by molar-refractivity contribution is 0.0529. The number of fused-ring (bicyclic) bond motifs is 1. The molecule has 1 aromatic rings. The molecule has 1 heterocycles. The van der Waals surface area contributed by atoms with Crippen molar-refractivity contribution >= 4 is 18.4 Å². The first-order chi connectivity index (χ1) is 9.94. The number of rotatable bonds is 3. The second-order valence-electron chi connectivity index (χ2n) is 5.36. The number of carbonyl (C=O) groups is 1. The molecule has 0 atom stereocenters. The maximum Gasteiger partial charge on any atom is 0.428 e. The van der Waals surface area contributed by atoms with Gasteiger partial charge in [-0.1, -0.05) is 12.1 Å². The van der Waals surface area contributed by atoms with E-state index in [9.17, 15) is 4.79 Å². The van der Waals surface area contributed by atoms with Gasteiger partial charge in [0.15, 0.2) is 11.5 Å². The molecule has 1 amide bonds. The quantitative estimate of drug-likeness (QED) is 0.686. The number of hydrogen-bond donors (Lipinski definition) is 1. The van der Waals surface area contributed by atoms with E-state index in [2.05, 4.69) is 10.5 Å². The first-order valence-electron chi connectivity index (χ1n) is 6.52. The van der Waals surface area contributed by atoms with E-state index >= 15 is 0 Å². The molecule has 0 saturated carbocycles. The number of allylic oxidation sites excluding steroid dienone is 1. The highest BCUT2D eigenvalue weighted by atomic mass is 16.7. The second-order valence-corrected chi connectivity index (χ2v) is 5.36. The lowest BCUT2D eigenvalue weighted by Crippen LogP contribution is -2.29. The molecular formula is C15H18N2O4. The van der Waals surface area contributed by atoms with Crippen molar-refractivity contribution < 1.29 is 19.0 Å². The molecule has 0 unspecified atom stereocenters. The van der Waals surface area contributed by atoms with Crippen LogP contribution in [0.15, 0.2) is 29.4 Å². The van der Waals surface area contributed by atoms with Gasteiger partial charge < -0.3 is 14.2 Å². The summed E-state index contributed by atoms with van der Waals surface area (Å²) in [4.78, 5) is 11.3. The normalized spacial score (nSPS) is 13.9. The van der Waals surface area contributed by atoms with Crippen LogP contribution < -0.4 is 14.9 Å². The van der Waals surface area contributed by atoms with E-state index in [0.717, 1.165) is 17.1 Å². The van der Waals surface area contributed by atoms with Gasteiger partial charge in [0, 0.05) is 6.21 Å². The van der Waals surface area contributed by atoms with Gasteiger partial charge in [0.05, 0.1) is 0 Å². The van der Waals surface area contributed by atoms with Crippen LogP contribution in [-0.2, 0) is 4.74 Å². The number of carbonyl (C=O) groups excluding carboxylic acids is 1. The molecule has 112 valence electrons. The van der Waals surface area contributed by atoms with Crippen LogP contribution in [0.2, 0.25) is 0 Å². The predicted octanol–water partition coefficient (Wildman–Crippen LogP) is 2.94. The Hall–Kier alpha value is -2.50. The van der Waals surface area contributed by atoms with Gasteiger partial charge in [-0.2, -0.15) is 5.10 Å². The number of hydrogen-bond acceptors (Lipinski definition) is 5. The zero-order valence-electron chi connectivity index (χ0n) is 12.3. The minimum Gasteiger partial charge on any atom is -0.454 e. The fourth-order valence-corrected chi connectivity index (χ4v) is 1.60. The number of amides is 1. The molecule has 0 bridgehead atoms. The Morgan fingerprint density at radius 3 is 2.86 bits per heavy atom. The van der Waals surface area contributed by atoms with Crippen molar-refractivity contribution in [1.29, 1.82) is 0 Å². The first-order valence-corrected chi connectivity index (χ1v) is 6.52. The molecule has 0 saturated heterocycles. The van der Waals surface area contributed by atoms with Gasteiger partial charge in [0.2, 0.25) is 6.79 Å². The first kappa shape index (κ1) is 14.9. The summed E-state index contributed by atoms with van der Waals surface area (Å²) in [5.41, 5.74) is 2.69. The van der Waals surface area contributed by atoms with Gasteiger partial charge in [-0.3, -0.25) is 0 Å². The Morgan fingerprint density at radius 1 is 1.33 bits per heavy atom. The Balaban J connectivity index is 1.82. The Bertz CT molecular complexity index is 574. The summed E-state index contributed by atoms with van der Waals surface area (Å²) in [6, 6.07) is 5.62. The molecule has 0 aliphatic carbocycles. The van der Waals surface area contributed by atoms with Crippen LogP contribution in [0.5, 0.6) is 11.5 Å². The molecule has 0 aromatic heterocycles. The average molecular weight is 290 g/mol. The SMILES string of the molecule is CC(C)(C)OC(=O)N/N=C/C=C/c1ccc2c(c1)OCO2. The highest BCUT2D eigenvalue weighted by Gasteiger charge is 2.15. The molecule has 0 fully saturated rings. The number of ether oxygens (including phenoxy) is 3. The fourth-order valence-electron chi connectivity index (χ4n) is 1.60. The smallest absolute Gasteiger partial charge is 0.428 e. The molecule has 6 heteroatoms. The number of hydrazone groups is 1. The zero-order valence-corrected chi connectivity index (χ0v) is 12.3. The van der Waals surface area contributed by atoms with Crippen molar-refractivity contribution in [3.63, 3.8) is 0 Å². The van der Waals surface area contributed by atoms with Crippen molar-refractivity contribution in [3.05, 3.63) is 29.8 Å². The number of nitrogens with zero attached hydrogens (tertiary/aromatic N) is 1. The third-order valence-electron chi connectivity index (χ3n) is 2.40. The summed E-state index contributed by atoms with van der Waals surface area (Å²) in [6.07, 6.45) is 4.42. The van der Waals surface area contributed by atoms with Gasteiger partial charge in [0.25, 0.3) is 0 Å².